The Kier molecular flexibility index (Phi) is 18.6. The fourth-order valence-corrected chi connectivity index (χ4v) is 16.0. The summed E-state index contributed by atoms with van der Waals surface area (Å²) in [5.41, 5.74) is 20.2. The predicted octanol–water partition coefficient (Wildman–Crippen LogP) is -4.86. The average Bonchev–Trinajstić information content (AvgIpc) is 1.63. The van der Waals surface area contributed by atoms with E-state index in [4.69, 9.17) is 64.5 Å². The van der Waals surface area contributed by atoms with E-state index in [2.05, 4.69) is 68.0 Å². The Morgan fingerprint density at radius 2 is 1.02 bits per heavy atom. The number of phosphoric acid groups is 5. The van der Waals surface area contributed by atoms with Gasteiger partial charge in [0.15, 0.2) is 71.4 Å². The number of halogens is 2. The molecule has 0 aliphatic carbocycles. The average molecular weight is 1460 g/mol. The summed E-state index contributed by atoms with van der Waals surface area (Å²) in [5, 5.41) is 43.4. The van der Waals surface area contributed by atoms with Crippen LogP contribution in [0.2, 0.25) is 0 Å². The van der Waals surface area contributed by atoms with Gasteiger partial charge in [0.05, 0.1) is 52.5 Å². The Morgan fingerprint density at radius 1 is 0.562 bits per heavy atom. The number of aromatic nitrogens is 16. The molecule has 8 aromatic rings. The highest BCUT2D eigenvalue weighted by atomic mass is 31.3. The van der Waals surface area contributed by atoms with E-state index >= 15 is 8.78 Å². The number of nitrogen functional groups attached to an aromatic ring is 4. The number of anilines is 4. The van der Waals surface area contributed by atoms with Gasteiger partial charge in [-0.2, -0.15) is 9.29 Å². The number of alkyl halides is 2. The number of ether oxygens (including phenoxy) is 4. The topological polar surface area (TPSA) is 690 Å². The van der Waals surface area contributed by atoms with Crippen molar-refractivity contribution in [3.63, 3.8) is 0 Å². The minimum absolute atomic E-state index is 0.0747. The van der Waals surface area contributed by atoms with E-state index in [9.17, 15) is 77.3 Å². The first-order valence-electron chi connectivity index (χ1n) is 27.1. The van der Waals surface area contributed by atoms with Crippen LogP contribution >= 0.6 is 39.1 Å². The van der Waals surface area contributed by atoms with Gasteiger partial charge in [-0.05, 0) is 0 Å². The van der Waals surface area contributed by atoms with Crippen LogP contribution in [-0.2, 0) is 84.6 Å². The second-order valence-corrected chi connectivity index (χ2v) is 28.5. The number of hydrogen-bond donors (Lipinski definition) is 14. The first-order valence-corrected chi connectivity index (χ1v) is 34.5. The lowest BCUT2D eigenvalue weighted by Gasteiger charge is -2.27. The monoisotopic (exact) mass is 1460 g/mol. The van der Waals surface area contributed by atoms with Crippen molar-refractivity contribution in [1.82, 2.24) is 73.1 Å². The van der Waals surface area contributed by atoms with Crippen molar-refractivity contribution < 1.29 is 136 Å². The second-order valence-electron chi connectivity index (χ2n) is 21.1. The number of rotatable bonds is 24. The number of nitrogens with two attached hydrogens (primary N) is 4. The van der Waals surface area contributed by atoms with Gasteiger partial charge in [0.1, 0.15) is 84.7 Å². The summed E-state index contributed by atoms with van der Waals surface area (Å²) in [4.78, 5) is 121. The van der Waals surface area contributed by atoms with E-state index in [0.29, 0.717) is 0 Å². The first-order chi connectivity index (χ1) is 45.1. The smallest absolute Gasteiger partial charge is 0.487 e. The highest BCUT2D eigenvalue weighted by Crippen LogP contribution is 2.67. The summed E-state index contributed by atoms with van der Waals surface area (Å²) < 4.78 is 167. The minimum Gasteiger partial charge on any atom is -0.756 e. The quantitative estimate of drug-likeness (QED) is 0.0199. The molecule has 522 valence electrons. The van der Waals surface area contributed by atoms with Crippen molar-refractivity contribution in [3.05, 3.63) is 58.7 Å². The van der Waals surface area contributed by atoms with E-state index < -0.39 is 175 Å². The summed E-state index contributed by atoms with van der Waals surface area (Å²) in [6, 6.07) is 0. The molecule has 4 aliphatic heterocycles. The molecule has 0 aromatic carbocycles. The summed E-state index contributed by atoms with van der Waals surface area (Å²) in [6.45, 7) is -5.38. The minimum atomic E-state index is -6.42. The number of fused-ring (bicyclic) bond motifs is 4. The first kappa shape index (κ1) is 69.1. The van der Waals surface area contributed by atoms with Gasteiger partial charge in [0, 0.05) is 0 Å². The molecule has 12 heterocycles. The molecule has 48 nitrogen and oxygen atoms in total. The molecule has 55 heteroatoms. The van der Waals surface area contributed by atoms with E-state index in [-0.39, 0.29) is 68.2 Å². The SMILES string of the molecule is Cn1c[n+]([C@@H]2O[C@H](COP(=O)([O-])OP(=O)(O)OP(=O)(O)OC[C@H]3O[C@@H](n4cnc5c(N)ncnc54)C(F)[C@H]3OP(=O)(O)OC[C@H]3O[C@@H](n4cnc5c(N)ncnc54)C(F)[C@H]3OP(=O)(O)OC[C@H]3O[C@@H](n4cnc5c(=O)[nH]c(N)nc54)C(O)[C@H]3O)[C@H](O)C2O)c2nc(N)[nH]c(=O)c21. The Morgan fingerprint density at radius 3 is 1.58 bits per heavy atom. The number of hydrogen-bond acceptors (Lipinski definition) is 37. The summed E-state index contributed by atoms with van der Waals surface area (Å²) in [6.07, 6.45) is -27.2. The molecule has 0 saturated carbocycles. The molecule has 8 aromatic heterocycles. The molecular formula is C41H51F2N20O28P5. The van der Waals surface area contributed by atoms with Gasteiger partial charge in [0.2, 0.25) is 17.7 Å². The maximum Gasteiger partial charge on any atom is 0.487 e. The van der Waals surface area contributed by atoms with Gasteiger partial charge in [-0.25, -0.2) is 70.8 Å². The van der Waals surface area contributed by atoms with Gasteiger partial charge in [-0.3, -0.25) is 65.0 Å². The fraction of sp³-hybridized carbons (Fsp3) is 0.512. The number of phosphoric ester groups is 4. The number of nitrogens with zero attached hydrogens (tertiary/aromatic N) is 14. The van der Waals surface area contributed by atoms with Crippen LogP contribution in [-0.4, -0.2) is 213 Å². The molecule has 0 bridgehead atoms. The molecular weight excluding hydrogens is 1410 g/mol. The molecule has 0 radical (unpaired) electrons. The van der Waals surface area contributed by atoms with Gasteiger partial charge < -0.3 is 91.3 Å². The number of aromatic amines is 2. The largest absolute Gasteiger partial charge is 0.756 e. The summed E-state index contributed by atoms with van der Waals surface area (Å²) in [5.74, 6) is -1.17. The second kappa shape index (κ2) is 25.8. The van der Waals surface area contributed by atoms with Crippen molar-refractivity contribution in [3.8, 4) is 0 Å². The highest BCUT2D eigenvalue weighted by molar-refractivity contribution is 7.66. The van der Waals surface area contributed by atoms with Gasteiger partial charge in [-0.15, -0.1) is 0 Å². The van der Waals surface area contributed by atoms with Crippen molar-refractivity contribution in [1.29, 1.82) is 0 Å². The lowest BCUT2D eigenvalue weighted by Crippen LogP contribution is -2.46. The predicted molar refractivity (Wildman–Crippen MR) is 300 cm³/mol. The maximum absolute atomic E-state index is 17.0. The lowest BCUT2D eigenvalue weighted by atomic mass is 10.1. The van der Waals surface area contributed by atoms with Gasteiger partial charge in [0.25, 0.3) is 24.9 Å². The van der Waals surface area contributed by atoms with Gasteiger partial charge in [-0.1, -0.05) is 4.98 Å². The van der Waals surface area contributed by atoms with E-state index in [1.807, 2.05) is 0 Å². The molecule has 21 atom stereocenters. The van der Waals surface area contributed by atoms with Crippen LogP contribution < -0.4 is 43.5 Å². The molecule has 18 N–H and O–H groups in total. The van der Waals surface area contributed by atoms with Crippen LogP contribution in [0.25, 0.3) is 44.7 Å². The Bertz CT molecular complexity index is 4680. The normalized spacial score (nSPS) is 31.1. The van der Waals surface area contributed by atoms with E-state index in [1.54, 1.807) is 0 Å². The van der Waals surface area contributed by atoms with Crippen molar-refractivity contribution in [2.45, 2.75) is 98.3 Å². The molecule has 4 fully saturated rings. The van der Waals surface area contributed by atoms with Crippen molar-refractivity contribution in [2.24, 2.45) is 7.05 Å². The van der Waals surface area contributed by atoms with Crippen molar-refractivity contribution in [2.75, 3.05) is 49.4 Å². The molecule has 96 heavy (non-hydrogen) atoms. The molecule has 4 saturated heterocycles. The molecule has 0 spiro atoms. The maximum atomic E-state index is 17.0. The number of aliphatic hydroxyl groups is 4. The van der Waals surface area contributed by atoms with E-state index in [1.165, 1.54) is 17.9 Å². The fourth-order valence-electron chi connectivity index (χ4n) is 10.6. The number of aryl methyl sites for hydroxylation is 1. The Balaban J connectivity index is 0.726. The molecule has 12 rings (SSSR count). The van der Waals surface area contributed by atoms with Gasteiger partial charge >= 0.3 is 36.9 Å². The Hall–Kier alpha value is -6.83. The third-order valence-corrected chi connectivity index (χ3v) is 21.0. The highest BCUT2D eigenvalue weighted by Gasteiger charge is 2.56. The van der Waals surface area contributed by atoms with Crippen molar-refractivity contribution >= 4 is 107 Å². The zero-order valence-corrected chi connectivity index (χ0v) is 52.3. The third-order valence-electron chi connectivity index (χ3n) is 14.8. The van der Waals surface area contributed by atoms with Crippen LogP contribution in [0.4, 0.5) is 32.3 Å². The third kappa shape index (κ3) is 13.6. The Labute approximate surface area is 528 Å². The molecule has 4 aliphatic rings. The number of aliphatic hydroxyl groups excluding tert-OH is 4. The lowest BCUT2D eigenvalue weighted by molar-refractivity contribution is -0.745. The standard InChI is InChI=1S/C41H51F2N20O28P5/c1-59-11-63(33-21(59)35(69)58-41(47)56-33)39-25(67)23(65)13(85-39)3-82-94(74,75)90-96(78,79)91-95(76,77)83-5-15-27(17(43)37(87-15)61-9-53-19-29(45)49-7-51-31(19)61)89-93(72,73)81-4-14-26(16(42)36(86-14)60-8-52-18-28(44)48-6-50-30(18)60)88-92(70,71)80-2-12-22(64)24(66)38(84-12)62-10-54-20-32(62)55-40(46)57-34(20)68/h6-17,22-27,36-39,64-67H,2-5H2,1H3,(H14-,44,45,46,47,48,49,50,51,55,56,57,58,68,69,70,71,72,73,74,75,76,77,78,79)/t12-,13-,14-,15-,16?,17?,22+,23+,24?,25?,26+,27+,36-,37-,38-,39-/m1/s1. The number of H-pyrrole nitrogens is 2. The van der Waals surface area contributed by atoms with Crippen LogP contribution in [0.15, 0.2) is 47.6 Å². The molecule has 0 amide bonds. The summed E-state index contributed by atoms with van der Waals surface area (Å²) >= 11 is 0. The summed E-state index contributed by atoms with van der Waals surface area (Å²) in [7, 11) is -29.1. The van der Waals surface area contributed by atoms with Crippen LogP contribution in [0.1, 0.15) is 24.9 Å². The number of nitrogens with one attached hydrogen (secondary N) is 2. The number of imidazole rings is 4. The van der Waals surface area contributed by atoms with E-state index in [0.717, 1.165) is 49.9 Å². The van der Waals surface area contributed by atoms with Crippen LogP contribution in [0, 0.1) is 0 Å². The zero-order valence-electron chi connectivity index (χ0n) is 47.8. The zero-order chi connectivity index (χ0) is 69.0. The van der Waals surface area contributed by atoms with Crippen LogP contribution in [0.5, 0.6) is 0 Å². The van der Waals surface area contributed by atoms with Crippen LogP contribution in [0.3, 0.4) is 0 Å². The molecule has 9 unspecified atom stereocenters.